The van der Waals surface area contributed by atoms with E-state index in [9.17, 15) is 0 Å². The van der Waals surface area contributed by atoms with Crippen LogP contribution >= 0.6 is 11.6 Å². The third kappa shape index (κ3) is 10.7. The number of hydrogen-bond acceptors (Lipinski definition) is 2. The maximum absolute atomic E-state index is 5.63. The minimum absolute atomic E-state index is 0.700. The molecule has 0 spiro atoms. The summed E-state index contributed by atoms with van der Waals surface area (Å²) in [6.45, 7) is 7.87. The van der Waals surface area contributed by atoms with Crippen molar-refractivity contribution in [3.05, 3.63) is 0 Å². The molecule has 2 N–H and O–H groups in total. The van der Waals surface area contributed by atoms with Gasteiger partial charge in [0.15, 0.2) is 0 Å². The molecule has 0 aliphatic carbocycles. The molecule has 3 heteroatoms. The Balaban J connectivity index is 3.36. The number of unbranched alkanes of at least 4 members (excludes halogenated alkanes) is 1. The molecule has 0 bridgehead atoms. The van der Waals surface area contributed by atoms with Gasteiger partial charge in [-0.05, 0) is 51.7 Å². The average Bonchev–Trinajstić information content (AvgIpc) is 2.30. The zero-order valence-electron chi connectivity index (χ0n) is 11.0. The van der Waals surface area contributed by atoms with Gasteiger partial charge in [-0.1, -0.05) is 20.3 Å². The molecule has 2 nitrogen and oxygen atoms in total. The lowest BCUT2D eigenvalue weighted by atomic mass is 10.1. The fraction of sp³-hybridized carbons (Fsp3) is 1.00. The van der Waals surface area contributed by atoms with Crippen LogP contribution in [0.2, 0.25) is 0 Å². The standard InChI is InChI=1S/C13H29ClN2/c1-3-7-13(16-10-4-2)8-12-15-11-6-5-9-14/h13,15-16H,3-12H2,1-2H3. The van der Waals surface area contributed by atoms with E-state index in [1.54, 1.807) is 0 Å². The van der Waals surface area contributed by atoms with Gasteiger partial charge in [-0.25, -0.2) is 0 Å². The molecule has 0 saturated carbocycles. The summed E-state index contributed by atoms with van der Waals surface area (Å²) in [5.74, 6) is 0.790. The Morgan fingerprint density at radius 3 is 2.38 bits per heavy atom. The summed E-state index contributed by atoms with van der Waals surface area (Å²) < 4.78 is 0. The van der Waals surface area contributed by atoms with Gasteiger partial charge in [0.25, 0.3) is 0 Å². The van der Waals surface area contributed by atoms with Gasteiger partial charge in [-0.3, -0.25) is 0 Å². The highest BCUT2D eigenvalue weighted by atomic mass is 35.5. The second-order valence-corrected chi connectivity index (χ2v) is 4.75. The maximum Gasteiger partial charge on any atom is 0.0223 e. The van der Waals surface area contributed by atoms with Crippen LogP contribution in [-0.4, -0.2) is 31.6 Å². The van der Waals surface area contributed by atoms with Crippen LogP contribution < -0.4 is 10.6 Å². The third-order valence-electron chi connectivity index (χ3n) is 2.73. The number of halogens is 1. The summed E-state index contributed by atoms with van der Waals surface area (Å²) in [7, 11) is 0. The van der Waals surface area contributed by atoms with E-state index in [1.807, 2.05) is 0 Å². The quantitative estimate of drug-likeness (QED) is 0.410. The molecule has 0 aromatic carbocycles. The number of nitrogens with one attached hydrogen (secondary N) is 2. The van der Waals surface area contributed by atoms with Crippen molar-refractivity contribution in [3.63, 3.8) is 0 Å². The third-order valence-corrected chi connectivity index (χ3v) is 2.99. The molecule has 16 heavy (non-hydrogen) atoms. The highest BCUT2D eigenvalue weighted by molar-refractivity contribution is 6.17. The molecule has 0 radical (unpaired) electrons. The molecule has 0 aromatic rings. The van der Waals surface area contributed by atoms with Crippen molar-refractivity contribution in [2.45, 2.75) is 58.4 Å². The minimum Gasteiger partial charge on any atom is -0.317 e. The maximum atomic E-state index is 5.63. The van der Waals surface area contributed by atoms with E-state index in [0.717, 1.165) is 31.9 Å². The molecule has 0 heterocycles. The van der Waals surface area contributed by atoms with Crippen LogP contribution in [0.15, 0.2) is 0 Å². The van der Waals surface area contributed by atoms with Crippen LogP contribution in [0.1, 0.15) is 52.4 Å². The Labute approximate surface area is 107 Å². The first-order valence-electron chi connectivity index (χ1n) is 6.85. The smallest absolute Gasteiger partial charge is 0.0223 e. The van der Waals surface area contributed by atoms with Crippen LogP contribution in [0.25, 0.3) is 0 Å². The van der Waals surface area contributed by atoms with Crippen molar-refractivity contribution in [2.75, 3.05) is 25.5 Å². The Bertz CT molecular complexity index is 131. The van der Waals surface area contributed by atoms with Gasteiger partial charge in [0, 0.05) is 11.9 Å². The first kappa shape index (κ1) is 16.2. The lowest BCUT2D eigenvalue weighted by Gasteiger charge is -2.17. The lowest BCUT2D eigenvalue weighted by Crippen LogP contribution is -2.33. The summed E-state index contributed by atoms with van der Waals surface area (Å²) in [5, 5.41) is 7.10. The normalized spacial score (nSPS) is 12.9. The van der Waals surface area contributed by atoms with Crippen molar-refractivity contribution in [2.24, 2.45) is 0 Å². The van der Waals surface area contributed by atoms with Crippen LogP contribution in [0, 0.1) is 0 Å². The van der Waals surface area contributed by atoms with Crippen molar-refractivity contribution < 1.29 is 0 Å². The van der Waals surface area contributed by atoms with Gasteiger partial charge in [-0.15, -0.1) is 11.6 Å². The van der Waals surface area contributed by atoms with E-state index >= 15 is 0 Å². The largest absolute Gasteiger partial charge is 0.317 e. The van der Waals surface area contributed by atoms with Crippen molar-refractivity contribution in [1.82, 2.24) is 10.6 Å². The van der Waals surface area contributed by atoms with E-state index in [2.05, 4.69) is 24.5 Å². The average molecular weight is 249 g/mol. The Morgan fingerprint density at radius 2 is 1.75 bits per heavy atom. The molecule has 1 atom stereocenters. The molecule has 98 valence electrons. The van der Waals surface area contributed by atoms with E-state index < -0.39 is 0 Å². The van der Waals surface area contributed by atoms with Crippen LogP contribution in [0.5, 0.6) is 0 Å². The Kier molecular flexibility index (Phi) is 13.4. The molecular formula is C13H29ClN2. The molecule has 0 rings (SSSR count). The molecule has 0 saturated heterocycles. The topological polar surface area (TPSA) is 24.1 Å². The monoisotopic (exact) mass is 248 g/mol. The highest BCUT2D eigenvalue weighted by Gasteiger charge is 2.05. The van der Waals surface area contributed by atoms with Crippen LogP contribution in [0.3, 0.4) is 0 Å². The number of alkyl halides is 1. The molecule has 0 aromatic heterocycles. The minimum atomic E-state index is 0.700. The SMILES string of the molecule is CCCNC(CCC)CCNCCCCCl. The summed E-state index contributed by atoms with van der Waals surface area (Å²) in [4.78, 5) is 0. The molecule has 0 amide bonds. The highest BCUT2D eigenvalue weighted by Crippen LogP contribution is 2.01. The predicted molar refractivity (Wildman–Crippen MR) is 74.4 cm³/mol. The zero-order valence-corrected chi connectivity index (χ0v) is 11.8. The first-order chi connectivity index (χ1) is 7.85. The van der Waals surface area contributed by atoms with Crippen molar-refractivity contribution in [3.8, 4) is 0 Å². The fourth-order valence-electron chi connectivity index (χ4n) is 1.79. The van der Waals surface area contributed by atoms with Crippen LogP contribution in [0.4, 0.5) is 0 Å². The summed E-state index contributed by atoms with van der Waals surface area (Å²) in [5.41, 5.74) is 0. The zero-order chi connectivity index (χ0) is 12.1. The Hall–Kier alpha value is 0.210. The van der Waals surface area contributed by atoms with E-state index in [0.29, 0.717) is 6.04 Å². The summed E-state index contributed by atoms with van der Waals surface area (Å²) in [6.07, 6.45) is 7.36. The molecule has 0 aliphatic heterocycles. The molecule has 0 aliphatic rings. The van der Waals surface area contributed by atoms with E-state index in [-0.39, 0.29) is 0 Å². The van der Waals surface area contributed by atoms with Crippen molar-refractivity contribution >= 4 is 11.6 Å². The fourth-order valence-corrected chi connectivity index (χ4v) is 1.98. The predicted octanol–water partition coefficient (Wildman–Crippen LogP) is 3.15. The number of hydrogen-bond donors (Lipinski definition) is 2. The van der Waals surface area contributed by atoms with Gasteiger partial charge < -0.3 is 10.6 Å². The van der Waals surface area contributed by atoms with Gasteiger partial charge >= 0.3 is 0 Å². The molecule has 1 unspecified atom stereocenters. The first-order valence-corrected chi connectivity index (χ1v) is 7.38. The van der Waals surface area contributed by atoms with Gasteiger partial charge in [0.1, 0.15) is 0 Å². The molecule has 0 fully saturated rings. The van der Waals surface area contributed by atoms with Gasteiger partial charge in [0.05, 0.1) is 0 Å². The van der Waals surface area contributed by atoms with Crippen molar-refractivity contribution in [1.29, 1.82) is 0 Å². The van der Waals surface area contributed by atoms with Gasteiger partial charge in [-0.2, -0.15) is 0 Å². The summed E-state index contributed by atoms with van der Waals surface area (Å²) in [6, 6.07) is 0.700. The number of rotatable bonds is 12. The summed E-state index contributed by atoms with van der Waals surface area (Å²) >= 11 is 5.63. The Morgan fingerprint density at radius 1 is 0.938 bits per heavy atom. The van der Waals surface area contributed by atoms with Crippen LogP contribution in [-0.2, 0) is 0 Å². The second kappa shape index (κ2) is 13.3. The molecular weight excluding hydrogens is 220 g/mol. The van der Waals surface area contributed by atoms with E-state index in [1.165, 1.54) is 32.1 Å². The second-order valence-electron chi connectivity index (χ2n) is 4.37. The lowest BCUT2D eigenvalue weighted by molar-refractivity contribution is 0.435. The van der Waals surface area contributed by atoms with E-state index in [4.69, 9.17) is 11.6 Å². The van der Waals surface area contributed by atoms with Gasteiger partial charge in [0.2, 0.25) is 0 Å².